The highest BCUT2D eigenvalue weighted by molar-refractivity contribution is 6.11. The molecule has 33 heavy (non-hydrogen) atoms. The molecule has 0 saturated carbocycles. The standard InChI is InChI=1S/C31H22N2/c1-21-14-16-22(17-15-21)32-28-11-5-4-10-26(28)27-19-18-23(20-31(27)32)33-29-12-6-2-8-24(29)25-9-3-7-13-30(25)33/h2-20H,1H3. The van der Waals surface area contributed by atoms with Crippen molar-refractivity contribution in [2.24, 2.45) is 0 Å². The number of aromatic nitrogens is 2. The van der Waals surface area contributed by atoms with Crippen LogP contribution in [0.1, 0.15) is 5.56 Å². The second kappa shape index (κ2) is 6.85. The van der Waals surface area contributed by atoms with E-state index in [1.54, 1.807) is 0 Å². The summed E-state index contributed by atoms with van der Waals surface area (Å²) in [7, 11) is 0. The SMILES string of the molecule is Cc1ccc(-n2c3ccccc3c3ccc(-n4c5ccccc5c5ccccc54)cc32)cc1. The van der Waals surface area contributed by atoms with Crippen molar-refractivity contribution >= 4 is 43.6 Å². The number of para-hydroxylation sites is 3. The van der Waals surface area contributed by atoms with Gasteiger partial charge in [0.15, 0.2) is 0 Å². The van der Waals surface area contributed by atoms with E-state index in [1.807, 2.05) is 0 Å². The molecule has 2 nitrogen and oxygen atoms in total. The molecule has 0 spiro atoms. The summed E-state index contributed by atoms with van der Waals surface area (Å²) in [6.45, 7) is 2.13. The molecule has 0 aliphatic carbocycles. The molecular formula is C31H22N2. The molecule has 7 aromatic rings. The molecule has 0 unspecified atom stereocenters. The van der Waals surface area contributed by atoms with Gasteiger partial charge in [-0.2, -0.15) is 0 Å². The predicted octanol–water partition coefficient (Wildman–Crippen LogP) is 8.19. The molecule has 0 atom stereocenters. The molecule has 0 aliphatic rings. The Bertz CT molecular complexity index is 1760. The van der Waals surface area contributed by atoms with Crippen molar-refractivity contribution in [2.75, 3.05) is 0 Å². The molecule has 2 heteroatoms. The normalized spacial score (nSPS) is 11.8. The number of benzene rings is 5. The highest BCUT2D eigenvalue weighted by Gasteiger charge is 2.15. The number of hydrogen-bond acceptors (Lipinski definition) is 0. The van der Waals surface area contributed by atoms with E-state index in [2.05, 4.69) is 131 Å². The van der Waals surface area contributed by atoms with E-state index in [4.69, 9.17) is 0 Å². The first-order chi connectivity index (χ1) is 16.3. The van der Waals surface area contributed by atoms with Gasteiger partial charge in [-0.1, -0.05) is 78.4 Å². The van der Waals surface area contributed by atoms with Gasteiger partial charge in [0.25, 0.3) is 0 Å². The number of nitrogens with zero attached hydrogens (tertiary/aromatic N) is 2. The Morgan fingerprint density at radius 3 is 1.36 bits per heavy atom. The van der Waals surface area contributed by atoms with Crippen LogP contribution in [-0.2, 0) is 0 Å². The lowest BCUT2D eigenvalue weighted by Crippen LogP contribution is -1.97. The third-order valence-corrected chi connectivity index (χ3v) is 6.79. The molecule has 0 N–H and O–H groups in total. The van der Waals surface area contributed by atoms with Crippen LogP contribution >= 0.6 is 0 Å². The Morgan fingerprint density at radius 2 is 0.818 bits per heavy atom. The number of aryl methyl sites for hydroxylation is 1. The summed E-state index contributed by atoms with van der Waals surface area (Å²) < 4.78 is 4.78. The van der Waals surface area contributed by atoms with E-state index < -0.39 is 0 Å². The number of fused-ring (bicyclic) bond motifs is 6. The maximum Gasteiger partial charge on any atom is 0.0561 e. The topological polar surface area (TPSA) is 9.86 Å². The Morgan fingerprint density at radius 1 is 0.394 bits per heavy atom. The van der Waals surface area contributed by atoms with Crippen LogP contribution in [0.15, 0.2) is 115 Å². The fourth-order valence-electron chi connectivity index (χ4n) is 5.27. The maximum absolute atomic E-state index is 2.39. The predicted molar refractivity (Wildman–Crippen MR) is 140 cm³/mol. The third kappa shape index (κ3) is 2.61. The van der Waals surface area contributed by atoms with E-state index in [1.165, 1.54) is 60.5 Å². The highest BCUT2D eigenvalue weighted by atomic mass is 15.0. The Hall–Kier alpha value is -4.30. The third-order valence-electron chi connectivity index (χ3n) is 6.79. The van der Waals surface area contributed by atoms with Crippen molar-refractivity contribution in [2.45, 2.75) is 6.92 Å². The van der Waals surface area contributed by atoms with Crippen molar-refractivity contribution in [3.8, 4) is 11.4 Å². The van der Waals surface area contributed by atoms with Crippen LogP contribution in [0, 0.1) is 6.92 Å². The zero-order valence-electron chi connectivity index (χ0n) is 18.4. The first-order valence-electron chi connectivity index (χ1n) is 11.4. The number of hydrogen-bond donors (Lipinski definition) is 0. The second-order valence-corrected chi connectivity index (χ2v) is 8.76. The van der Waals surface area contributed by atoms with Crippen molar-refractivity contribution < 1.29 is 0 Å². The van der Waals surface area contributed by atoms with E-state index >= 15 is 0 Å². The first kappa shape index (κ1) is 18.3. The smallest absolute Gasteiger partial charge is 0.0561 e. The first-order valence-corrected chi connectivity index (χ1v) is 11.4. The lowest BCUT2D eigenvalue weighted by atomic mass is 10.1. The van der Waals surface area contributed by atoms with Crippen molar-refractivity contribution in [1.29, 1.82) is 0 Å². The van der Waals surface area contributed by atoms with Crippen LogP contribution < -0.4 is 0 Å². The van der Waals surface area contributed by atoms with Gasteiger partial charge >= 0.3 is 0 Å². The molecule has 0 amide bonds. The summed E-state index contributed by atoms with van der Waals surface area (Å²) in [6, 6.07) is 41.7. The molecule has 2 heterocycles. The summed E-state index contributed by atoms with van der Waals surface area (Å²) in [5.74, 6) is 0. The van der Waals surface area contributed by atoms with Gasteiger partial charge in [-0.25, -0.2) is 0 Å². The summed E-state index contributed by atoms with van der Waals surface area (Å²) >= 11 is 0. The van der Waals surface area contributed by atoms with E-state index in [-0.39, 0.29) is 0 Å². The van der Waals surface area contributed by atoms with Crippen molar-refractivity contribution in [3.05, 3.63) is 121 Å². The second-order valence-electron chi connectivity index (χ2n) is 8.76. The van der Waals surface area contributed by atoms with Crippen LogP contribution in [0.5, 0.6) is 0 Å². The van der Waals surface area contributed by atoms with Gasteiger partial charge in [0.2, 0.25) is 0 Å². The summed E-state index contributed by atoms with van der Waals surface area (Å²) in [6.07, 6.45) is 0. The van der Waals surface area contributed by atoms with Crippen LogP contribution in [-0.4, -0.2) is 9.13 Å². The Kier molecular flexibility index (Phi) is 3.80. The van der Waals surface area contributed by atoms with E-state index in [0.29, 0.717) is 0 Å². The minimum atomic E-state index is 1.18. The minimum absolute atomic E-state index is 1.18. The van der Waals surface area contributed by atoms with Crippen LogP contribution in [0.25, 0.3) is 55.0 Å². The van der Waals surface area contributed by atoms with Gasteiger partial charge in [0, 0.05) is 32.9 Å². The van der Waals surface area contributed by atoms with Gasteiger partial charge in [-0.05, 0) is 49.4 Å². The maximum atomic E-state index is 2.39. The molecule has 0 fully saturated rings. The van der Waals surface area contributed by atoms with Gasteiger partial charge in [0.05, 0.1) is 22.1 Å². The zero-order valence-corrected chi connectivity index (χ0v) is 18.4. The van der Waals surface area contributed by atoms with Gasteiger partial charge < -0.3 is 9.13 Å². The largest absolute Gasteiger partial charge is 0.309 e. The minimum Gasteiger partial charge on any atom is -0.309 e. The summed E-state index contributed by atoms with van der Waals surface area (Å²) in [4.78, 5) is 0. The van der Waals surface area contributed by atoms with Crippen LogP contribution in [0.4, 0.5) is 0 Å². The van der Waals surface area contributed by atoms with Gasteiger partial charge in [0.1, 0.15) is 0 Å². The molecule has 0 bridgehead atoms. The van der Waals surface area contributed by atoms with Crippen molar-refractivity contribution in [1.82, 2.24) is 9.13 Å². The summed E-state index contributed by atoms with van der Waals surface area (Å²) in [5, 5.41) is 5.12. The molecule has 0 aliphatic heterocycles. The molecule has 7 rings (SSSR count). The van der Waals surface area contributed by atoms with Crippen LogP contribution in [0.3, 0.4) is 0 Å². The van der Waals surface area contributed by atoms with Gasteiger partial charge in [-0.15, -0.1) is 0 Å². The van der Waals surface area contributed by atoms with Crippen LogP contribution in [0.2, 0.25) is 0 Å². The molecule has 5 aromatic carbocycles. The lowest BCUT2D eigenvalue weighted by molar-refractivity contribution is 1.15. The monoisotopic (exact) mass is 422 g/mol. The Labute approximate surface area is 191 Å². The van der Waals surface area contributed by atoms with Gasteiger partial charge in [-0.3, -0.25) is 0 Å². The fraction of sp³-hybridized carbons (Fsp3) is 0.0323. The lowest BCUT2D eigenvalue weighted by Gasteiger charge is -2.11. The molecule has 0 saturated heterocycles. The highest BCUT2D eigenvalue weighted by Crippen LogP contribution is 2.36. The van der Waals surface area contributed by atoms with E-state index in [0.717, 1.165) is 0 Å². The molecular weight excluding hydrogens is 400 g/mol. The Balaban J connectivity index is 1.60. The average Bonchev–Trinajstić information content (AvgIpc) is 3.37. The molecule has 2 aromatic heterocycles. The summed E-state index contributed by atoms with van der Waals surface area (Å²) in [5.41, 5.74) is 8.55. The average molecular weight is 423 g/mol. The molecule has 0 radical (unpaired) electrons. The molecule has 156 valence electrons. The zero-order chi connectivity index (χ0) is 21.9. The fourth-order valence-corrected chi connectivity index (χ4v) is 5.27. The number of rotatable bonds is 2. The van der Waals surface area contributed by atoms with Crippen molar-refractivity contribution in [3.63, 3.8) is 0 Å². The van der Waals surface area contributed by atoms with E-state index in [9.17, 15) is 0 Å². The quantitative estimate of drug-likeness (QED) is 0.266.